The molecule has 0 saturated carbocycles. The van der Waals surface area contributed by atoms with Crippen LogP contribution in [0.4, 0.5) is 0 Å². The lowest BCUT2D eigenvalue weighted by molar-refractivity contribution is 0.0933. The minimum atomic E-state index is -0.293. The van der Waals surface area contributed by atoms with Crippen LogP contribution in [0.3, 0.4) is 0 Å². The van der Waals surface area contributed by atoms with Crippen LogP contribution in [0.1, 0.15) is 34.2 Å². The number of hydrogen-bond acceptors (Lipinski definition) is 4. The molecular weight excluding hydrogens is 272 g/mol. The van der Waals surface area contributed by atoms with E-state index in [9.17, 15) is 4.79 Å². The van der Waals surface area contributed by atoms with E-state index < -0.39 is 0 Å². The van der Waals surface area contributed by atoms with E-state index >= 15 is 0 Å². The molecule has 96 valence electrons. The Bertz CT molecular complexity index is 577. The lowest BCUT2D eigenvalue weighted by Crippen LogP contribution is -2.27. The zero-order valence-corrected chi connectivity index (χ0v) is 11.8. The zero-order valence-electron chi connectivity index (χ0n) is 10.3. The minimum absolute atomic E-state index is 0.166. The number of carbonyl (C=O) groups excluding carboxylic acids is 1. The second-order valence-corrected chi connectivity index (χ2v) is 5.46. The molecule has 1 amide bonds. The first-order valence-electron chi connectivity index (χ1n) is 5.39. The highest BCUT2D eigenvalue weighted by atomic mass is 35.5. The molecule has 0 aliphatic rings. The van der Waals surface area contributed by atoms with Crippen molar-refractivity contribution < 1.29 is 4.79 Å². The first kappa shape index (κ1) is 13.0. The molecule has 0 spiro atoms. The van der Waals surface area contributed by atoms with Crippen molar-refractivity contribution >= 4 is 28.8 Å². The molecule has 0 fully saturated rings. The van der Waals surface area contributed by atoms with Crippen LogP contribution < -0.4 is 5.32 Å². The summed E-state index contributed by atoms with van der Waals surface area (Å²) in [5, 5.41) is 10.1. The first-order chi connectivity index (χ1) is 8.47. The van der Waals surface area contributed by atoms with Crippen LogP contribution in [0.15, 0.2) is 11.6 Å². The van der Waals surface area contributed by atoms with Gasteiger partial charge < -0.3 is 5.32 Å². The second kappa shape index (κ2) is 5.07. The highest BCUT2D eigenvalue weighted by Crippen LogP contribution is 2.18. The van der Waals surface area contributed by atoms with Gasteiger partial charge in [0.15, 0.2) is 5.69 Å². The lowest BCUT2D eigenvalue weighted by Gasteiger charge is -2.10. The lowest BCUT2D eigenvalue weighted by atomic mass is 10.2. The number of aryl methyl sites for hydroxylation is 2. The van der Waals surface area contributed by atoms with E-state index in [1.165, 1.54) is 4.68 Å². The molecule has 0 saturated heterocycles. The summed E-state index contributed by atoms with van der Waals surface area (Å²) in [6.45, 7) is 3.81. The maximum atomic E-state index is 12.0. The number of nitrogens with one attached hydrogen (secondary N) is 1. The van der Waals surface area contributed by atoms with Crippen LogP contribution in [-0.2, 0) is 7.05 Å². The number of halogens is 1. The predicted octanol–water partition coefficient (Wildman–Crippen LogP) is 2.33. The summed E-state index contributed by atoms with van der Waals surface area (Å²) in [6.07, 6.45) is 1.59. The Morgan fingerprint density at radius 1 is 1.61 bits per heavy atom. The standard InChI is InChI=1S/C11H13ClN4OS/c1-6(9-5-18-7(2)14-9)13-11(17)10-8(12)4-16(3)15-10/h4-6H,1-3H3,(H,13,17)/t6-/m1/s1. The Kier molecular flexibility index (Phi) is 3.68. The van der Waals surface area contributed by atoms with Crippen LogP contribution in [-0.4, -0.2) is 20.7 Å². The largest absolute Gasteiger partial charge is 0.342 e. The van der Waals surface area contributed by atoms with Gasteiger partial charge in [-0.3, -0.25) is 9.48 Å². The molecule has 0 bridgehead atoms. The number of nitrogens with zero attached hydrogens (tertiary/aromatic N) is 3. The fraction of sp³-hybridized carbons (Fsp3) is 0.364. The van der Waals surface area contributed by atoms with E-state index in [0.717, 1.165) is 10.7 Å². The summed E-state index contributed by atoms with van der Waals surface area (Å²) in [4.78, 5) is 16.3. The van der Waals surface area contributed by atoms with Gasteiger partial charge in [-0.15, -0.1) is 11.3 Å². The third-order valence-corrected chi connectivity index (χ3v) is 3.50. The number of thiazole rings is 1. The smallest absolute Gasteiger partial charge is 0.273 e. The monoisotopic (exact) mass is 284 g/mol. The van der Waals surface area contributed by atoms with Gasteiger partial charge in [-0.2, -0.15) is 5.10 Å². The Morgan fingerprint density at radius 2 is 2.33 bits per heavy atom. The van der Waals surface area contributed by atoms with Crippen molar-refractivity contribution in [3.8, 4) is 0 Å². The Balaban J connectivity index is 2.10. The summed E-state index contributed by atoms with van der Waals surface area (Å²) in [5.41, 5.74) is 1.08. The highest BCUT2D eigenvalue weighted by molar-refractivity contribution is 7.09. The van der Waals surface area contributed by atoms with Gasteiger partial charge in [0.1, 0.15) is 0 Å². The Morgan fingerprint density at radius 3 is 2.83 bits per heavy atom. The molecule has 0 aliphatic heterocycles. The van der Waals surface area contributed by atoms with Gasteiger partial charge in [-0.05, 0) is 13.8 Å². The van der Waals surface area contributed by atoms with E-state index in [2.05, 4.69) is 15.4 Å². The van der Waals surface area contributed by atoms with Gasteiger partial charge in [0, 0.05) is 18.6 Å². The summed E-state index contributed by atoms with van der Waals surface area (Å²) in [7, 11) is 1.72. The first-order valence-corrected chi connectivity index (χ1v) is 6.65. The Labute approximate surface area is 114 Å². The Hall–Kier alpha value is -1.40. The van der Waals surface area contributed by atoms with E-state index in [0.29, 0.717) is 5.02 Å². The predicted molar refractivity (Wildman–Crippen MR) is 71.0 cm³/mol. The summed E-state index contributed by atoms with van der Waals surface area (Å²) < 4.78 is 1.51. The fourth-order valence-electron chi connectivity index (χ4n) is 1.53. The van der Waals surface area contributed by atoms with Gasteiger partial charge >= 0.3 is 0 Å². The molecular formula is C11H13ClN4OS. The average Bonchev–Trinajstić information content (AvgIpc) is 2.84. The normalized spacial score (nSPS) is 12.4. The van der Waals surface area contributed by atoms with Crippen LogP contribution in [0.25, 0.3) is 0 Å². The fourth-order valence-corrected chi connectivity index (χ4v) is 2.50. The maximum Gasteiger partial charge on any atom is 0.273 e. The molecule has 2 rings (SSSR count). The molecule has 2 aromatic rings. The van der Waals surface area contributed by atoms with Crippen molar-refractivity contribution in [3.63, 3.8) is 0 Å². The molecule has 5 nitrogen and oxygen atoms in total. The van der Waals surface area contributed by atoms with Crippen LogP contribution in [0.2, 0.25) is 5.02 Å². The van der Waals surface area contributed by atoms with Crippen molar-refractivity contribution in [2.75, 3.05) is 0 Å². The van der Waals surface area contributed by atoms with Gasteiger partial charge in [-0.25, -0.2) is 4.98 Å². The van der Waals surface area contributed by atoms with Gasteiger partial charge in [-0.1, -0.05) is 11.6 Å². The second-order valence-electron chi connectivity index (χ2n) is 3.99. The number of hydrogen-bond donors (Lipinski definition) is 1. The van der Waals surface area contributed by atoms with E-state index in [-0.39, 0.29) is 17.6 Å². The third-order valence-electron chi connectivity index (χ3n) is 2.43. The minimum Gasteiger partial charge on any atom is -0.342 e. The van der Waals surface area contributed by atoms with E-state index in [1.807, 2.05) is 19.2 Å². The van der Waals surface area contributed by atoms with Crippen molar-refractivity contribution in [1.82, 2.24) is 20.1 Å². The van der Waals surface area contributed by atoms with Crippen LogP contribution >= 0.6 is 22.9 Å². The molecule has 0 aromatic carbocycles. The molecule has 1 N–H and O–H groups in total. The highest BCUT2D eigenvalue weighted by Gasteiger charge is 2.18. The summed E-state index contributed by atoms with van der Waals surface area (Å²) in [6, 6.07) is -0.166. The molecule has 2 aromatic heterocycles. The quantitative estimate of drug-likeness (QED) is 0.941. The SMILES string of the molecule is Cc1nc([C@@H](C)NC(=O)c2nn(C)cc2Cl)cs1. The molecule has 18 heavy (non-hydrogen) atoms. The molecule has 0 radical (unpaired) electrons. The third kappa shape index (κ3) is 2.70. The summed E-state index contributed by atoms with van der Waals surface area (Å²) in [5.74, 6) is -0.293. The number of amides is 1. The molecule has 1 atom stereocenters. The maximum absolute atomic E-state index is 12.0. The van der Waals surface area contributed by atoms with Crippen molar-refractivity contribution in [1.29, 1.82) is 0 Å². The van der Waals surface area contributed by atoms with Crippen molar-refractivity contribution in [3.05, 3.63) is 33.0 Å². The summed E-state index contributed by atoms with van der Waals surface area (Å²) >= 11 is 7.47. The number of carbonyl (C=O) groups is 1. The van der Waals surface area contributed by atoms with Crippen LogP contribution in [0.5, 0.6) is 0 Å². The van der Waals surface area contributed by atoms with Gasteiger partial charge in [0.2, 0.25) is 0 Å². The molecule has 7 heteroatoms. The number of aromatic nitrogens is 3. The molecule has 0 unspecified atom stereocenters. The topological polar surface area (TPSA) is 59.8 Å². The average molecular weight is 285 g/mol. The van der Waals surface area contributed by atoms with Crippen molar-refractivity contribution in [2.24, 2.45) is 7.05 Å². The molecule has 2 heterocycles. The van der Waals surface area contributed by atoms with Gasteiger partial charge in [0.05, 0.1) is 21.8 Å². The van der Waals surface area contributed by atoms with E-state index in [1.54, 1.807) is 24.6 Å². The number of rotatable bonds is 3. The zero-order chi connectivity index (χ0) is 13.3. The van der Waals surface area contributed by atoms with Crippen LogP contribution in [0, 0.1) is 6.92 Å². The molecule has 0 aliphatic carbocycles. The van der Waals surface area contributed by atoms with Gasteiger partial charge in [0.25, 0.3) is 5.91 Å². The van der Waals surface area contributed by atoms with E-state index in [4.69, 9.17) is 11.6 Å². The van der Waals surface area contributed by atoms with Crippen molar-refractivity contribution in [2.45, 2.75) is 19.9 Å².